The number of aromatic hydroxyl groups is 1. The molecule has 11 atom stereocenters. The summed E-state index contributed by atoms with van der Waals surface area (Å²) in [5.74, 6) is -6.46. The van der Waals surface area contributed by atoms with Crippen molar-refractivity contribution < 1.29 is 111 Å². The summed E-state index contributed by atoms with van der Waals surface area (Å²) < 4.78 is 72.3. The number of hydrogen-bond acceptors (Lipinski definition) is 24. The van der Waals surface area contributed by atoms with Crippen molar-refractivity contribution in [3.63, 3.8) is 0 Å². The van der Waals surface area contributed by atoms with Crippen LogP contribution in [0.2, 0.25) is 5.82 Å². The molecule has 5 aliphatic heterocycles. The summed E-state index contributed by atoms with van der Waals surface area (Å²) in [7, 11) is 4.52. The highest BCUT2D eigenvalue weighted by atomic mass is 79.9. The Morgan fingerprint density at radius 1 is 0.940 bits per heavy atom. The van der Waals surface area contributed by atoms with E-state index in [0.717, 1.165) is 0 Å². The molecule has 4 aromatic rings. The summed E-state index contributed by atoms with van der Waals surface area (Å²) >= 11 is 3.41. The van der Waals surface area contributed by atoms with E-state index in [9.17, 15) is 54.6 Å². The molecule has 4 unspecified atom stereocenters. The average Bonchev–Trinajstić information content (AvgIpc) is 1.54. The highest BCUT2D eigenvalue weighted by molar-refractivity contribution is 9.09. The van der Waals surface area contributed by atoms with Gasteiger partial charge in [-0.3, -0.25) is 19.3 Å². The number of carboxylic acids is 1. The molecule has 3 aromatic carbocycles. The Morgan fingerprint density at radius 2 is 1.66 bits per heavy atom. The number of aliphatic hydroxyl groups excluding tert-OH is 3. The molecule has 0 saturated carbocycles. The van der Waals surface area contributed by atoms with Gasteiger partial charge in [0.1, 0.15) is 73.2 Å². The fourth-order valence-electron chi connectivity index (χ4n) is 11.5. The van der Waals surface area contributed by atoms with Crippen LogP contribution in [0.1, 0.15) is 63.7 Å². The number of halogens is 1. The molecule has 30 heteroatoms. The van der Waals surface area contributed by atoms with E-state index in [4.69, 9.17) is 56.8 Å². The third-order valence-electron chi connectivity index (χ3n) is 15.7. The molecule has 6 heterocycles. The predicted octanol–water partition coefficient (Wildman–Crippen LogP) is -0.0661. The van der Waals surface area contributed by atoms with E-state index in [0.29, 0.717) is 51.9 Å². The second kappa shape index (κ2) is 24.5. The number of aromatic nitrogens is 3. The fraction of sp³-hybridized carbons (Fsp3) is 0.566. The van der Waals surface area contributed by atoms with E-state index in [1.54, 1.807) is 13.9 Å². The van der Waals surface area contributed by atoms with E-state index in [1.165, 1.54) is 48.2 Å². The van der Waals surface area contributed by atoms with Gasteiger partial charge < -0.3 is 92.8 Å². The van der Waals surface area contributed by atoms with Gasteiger partial charge in [-0.15, -0.1) is 5.10 Å². The lowest BCUT2D eigenvalue weighted by atomic mass is 9.76. The molecule has 0 radical (unpaired) electrons. The number of aliphatic hydroxyl groups is 4. The van der Waals surface area contributed by atoms with Crippen LogP contribution in [-0.2, 0) is 76.6 Å². The highest BCUT2D eigenvalue weighted by Gasteiger charge is 2.85. The number of nitrogens with zero attached hydrogens (tertiary/aromatic N) is 4. The number of hydrogen-bond donors (Lipinski definition) is 7. The van der Waals surface area contributed by atoms with Crippen LogP contribution >= 0.6 is 15.9 Å². The monoisotopic (exact) mass is 1230 g/mol. The van der Waals surface area contributed by atoms with Gasteiger partial charge in [-0.2, -0.15) is 0 Å². The molecule has 4 fully saturated rings. The summed E-state index contributed by atoms with van der Waals surface area (Å²) in [6.07, 6.45) is -9.70. The number of ether oxygens (including phenoxy) is 12. The third kappa shape index (κ3) is 10.8. The zero-order valence-electron chi connectivity index (χ0n) is 45.6. The quantitative estimate of drug-likeness (QED) is 0.0198. The number of amides is 3. The summed E-state index contributed by atoms with van der Waals surface area (Å²) in [5.41, 5.74) is 0.414. The number of benzene rings is 3. The van der Waals surface area contributed by atoms with Gasteiger partial charge in [0.25, 0.3) is 5.79 Å². The molecule has 6 aliphatic rings. The zero-order chi connectivity index (χ0) is 59.1. The van der Waals surface area contributed by atoms with Crippen LogP contribution in [0, 0.1) is 6.92 Å². The largest absolute Gasteiger partial charge is 0.506 e. The zero-order valence-corrected chi connectivity index (χ0v) is 47.2. The first-order valence-corrected chi connectivity index (χ1v) is 27.9. The Balaban J connectivity index is 0.780. The molecular formula is C53H63BBrN5O23. The van der Waals surface area contributed by atoms with Crippen molar-refractivity contribution >= 4 is 64.2 Å². The number of imide groups is 1. The van der Waals surface area contributed by atoms with Crippen LogP contribution in [0.25, 0.3) is 16.5 Å². The van der Waals surface area contributed by atoms with E-state index < -0.39 is 85.3 Å². The number of carbonyl (C=O) groups is 5. The number of nitrogens with one attached hydrogen (secondary N) is 1. The number of fused-ring (bicyclic) bond motifs is 6. The Kier molecular flexibility index (Phi) is 17.7. The standard InChI is InChI=1S/C53H63BBrN5O23/c1-25-17-29-37(38(63)36-28(42(29)72-2)5-4-6-32(36)61)43-35(25)44-46-53(73-3,82-43)51(71,23-55)52(81-44,83-46)24-56-50(70)78-21-26-7-8-33(79-49-41(66)39(64)40(65)45(80-49)48(68)69)31(18-26)60-20-27(57-58-60)22-77-16-15-76-14-13-75-12-11-74-10-9-59-34(62)19-30(54)47(59)67/h7-8,17-18,20,30,39-41,44-46,49,63-66,71H,4-6,9-16,19,21-24,54H2,1-3H3,(H,56,70)(H,68,69)/t30?,39-,40-,41+,44?,45-,46?,49+,51+,52?,53+/m0/s1. The number of aryl methyl sites for hydroxylation is 1. The van der Waals surface area contributed by atoms with Gasteiger partial charge in [0.2, 0.25) is 23.9 Å². The Hall–Kier alpha value is -6.13. The molecule has 0 spiro atoms. The average molecular weight is 1230 g/mol. The number of ketones is 1. The van der Waals surface area contributed by atoms with Gasteiger partial charge in [-0.05, 0) is 49.1 Å². The molecule has 10 rings (SSSR count). The van der Waals surface area contributed by atoms with Crippen LogP contribution in [0.15, 0.2) is 30.5 Å². The smallest absolute Gasteiger partial charge is 0.407 e. The number of Topliss-reactive ketones (excluding diaryl/α,β-unsaturated/α-hetero) is 1. The predicted molar refractivity (Wildman–Crippen MR) is 285 cm³/mol. The second-order valence-corrected chi connectivity index (χ2v) is 21.3. The first-order valence-electron chi connectivity index (χ1n) is 26.8. The van der Waals surface area contributed by atoms with Crippen LogP contribution in [0.3, 0.4) is 0 Å². The third-order valence-corrected chi connectivity index (χ3v) is 16.5. The fourth-order valence-corrected chi connectivity index (χ4v) is 12.3. The minimum absolute atomic E-state index is 0.0252. The van der Waals surface area contributed by atoms with Crippen LogP contribution < -0.4 is 19.5 Å². The number of phenols is 1. The van der Waals surface area contributed by atoms with Gasteiger partial charge in [0.05, 0.1) is 90.2 Å². The molecule has 2 bridgehead atoms. The lowest BCUT2D eigenvalue weighted by Crippen LogP contribution is -2.75. The summed E-state index contributed by atoms with van der Waals surface area (Å²) in [4.78, 5) is 64.0. The van der Waals surface area contributed by atoms with Gasteiger partial charge in [0, 0.05) is 47.6 Å². The number of carboxylic acid groups (broad SMARTS) is 1. The van der Waals surface area contributed by atoms with E-state index in [-0.39, 0.29) is 135 Å². The second-order valence-electron chi connectivity index (χ2n) is 20.8. The minimum Gasteiger partial charge on any atom is -0.506 e. The lowest BCUT2D eigenvalue weighted by Gasteiger charge is -2.53. The maximum absolute atomic E-state index is 13.7. The van der Waals surface area contributed by atoms with Gasteiger partial charge in [-0.25, -0.2) is 14.3 Å². The molecule has 1 aliphatic carbocycles. The van der Waals surface area contributed by atoms with E-state index in [1.807, 2.05) is 6.92 Å². The first kappa shape index (κ1) is 60.0. The van der Waals surface area contributed by atoms with Crippen molar-refractivity contribution in [3.05, 3.63) is 64.0 Å². The highest BCUT2D eigenvalue weighted by Crippen LogP contribution is 2.66. The molecule has 4 saturated heterocycles. The molecule has 7 N–H and O–H groups in total. The summed E-state index contributed by atoms with van der Waals surface area (Å²) in [5, 5.41) is 77.2. The van der Waals surface area contributed by atoms with Crippen molar-refractivity contribution in [1.82, 2.24) is 25.2 Å². The molecule has 3 amide bonds. The maximum atomic E-state index is 13.7. The summed E-state index contributed by atoms with van der Waals surface area (Å²) in [6.45, 7) is 2.77. The number of methoxy groups -OCH3 is 2. The minimum atomic E-state index is -2.20. The maximum Gasteiger partial charge on any atom is 0.407 e. The Labute approximate surface area is 482 Å². The Bertz CT molecular complexity index is 3150. The normalized spacial score (nSPS) is 28.8. The van der Waals surface area contributed by atoms with Crippen LogP contribution in [0.5, 0.6) is 23.0 Å². The van der Waals surface area contributed by atoms with Crippen molar-refractivity contribution in [2.24, 2.45) is 0 Å². The number of alkyl carbamates (subject to hydrolysis) is 1. The molecule has 83 heavy (non-hydrogen) atoms. The number of alkyl halides is 1. The lowest BCUT2D eigenvalue weighted by molar-refractivity contribution is -0.343. The van der Waals surface area contributed by atoms with Crippen LogP contribution in [0.4, 0.5) is 4.79 Å². The van der Waals surface area contributed by atoms with Gasteiger partial charge in [-0.1, -0.05) is 27.2 Å². The summed E-state index contributed by atoms with van der Waals surface area (Å²) in [6, 6.07) is 6.14. The molecule has 1 aromatic heterocycles. The topological polar surface area (TPSA) is 363 Å². The van der Waals surface area contributed by atoms with Crippen LogP contribution in [-0.4, -0.2) is 221 Å². The van der Waals surface area contributed by atoms with E-state index >= 15 is 0 Å². The van der Waals surface area contributed by atoms with E-state index in [2.05, 4.69) is 31.6 Å². The SMILES string of the molecule is BC1CC(=O)N(CCOCCOCCOCCOCc2cn(-c3cc(COC(=O)NCC45OC6c7c(C)cc8c(OC)c9c(c(O)c8c7O[C@](OC)(C6O4)[C@@]5(O)CBr)C(=O)CCC9)ccc3O[C@@H]3O[C@H](C(=O)O)[C@@H](O)[C@H](O)[C@H]3O)nn2)C1=O. The van der Waals surface area contributed by atoms with Gasteiger partial charge in [0.15, 0.2) is 23.6 Å². The van der Waals surface area contributed by atoms with Gasteiger partial charge >= 0.3 is 12.1 Å². The molecular weight excluding hydrogens is 1170 g/mol. The number of phenolic OH excluding ortho intramolecular Hbond substituents is 1. The molecule has 28 nitrogen and oxygen atoms in total. The van der Waals surface area contributed by atoms with Crippen molar-refractivity contribution in [2.75, 3.05) is 78.9 Å². The Morgan fingerprint density at radius 3 is 2.34 bits per heavy atom. The number of aliphatic carboxylic acids is 1. The number of rotatable bonds is 25. The van der Waals surface area contributed by atoms with Crippen molar-refractivity contribution in [2.45, 2.75) is 112 Å². The number of likely N-dealkylation sites (tertiary alicyclic amines) is 1. The number of carbonyl (C=O) groups excluding carboxylic acids is 4. The van der Waals surface area contributed by atoms with Crippen molar-refractivity contribution in [3.8, 4) is 28.7 Å². The van der Waals surface area contributed by atoms with Crippen molar-refractivity contribution in [1.29, 1.82) is 0 Å². The first-order chi connectivity index (χ1) is 39.8. The molecule has 448 valence electrons.